The van der Waals surface area contributed by atoms with E-state index < -0.39 is 0 Å². The van der Waals surface area contributed by atoms with Crippen molar-refractivity contribution in [2.45, 2.75) is 12.8 Å². The van der Waals surface area contributed by atoms with E-state index in [9.17, 15) is 9.59 Å². The van der Waals surface area contributed by atoms with E-state index in [4.69, 9.17) is 16.3 Å². The van der Waals surface area contributed by atoms with Crippen molar-refractivity contribution in [2.75, 3.05) is 45.2 Å². The normalized spacial score (nSPS) is 14.0. The Bertz CT molecular complexity index is 563. The number of ether oxygens (including phenoxy) is 1. The number of nitrogens with one attached hydrogen (secondary N) is 2. The van der Waals surface area contributed by atoms with E-state index in [0.29, 0.717) is 49.0 Å². The minimum Gasteiger partial charge on any atom is -0.378 e. The van der Waals surface area contributed by atoms with E-state index in [1.165, 1.54) is 0 Å². The first-order valence-electron chi connectivity index (χ1n) is 7.73. The van der Waals surface area contributed by atoms with Crippen LogP contribution in [-0.4, -0.2) is 56.6 Å². The number of rotatable bonds is 6. The van der Waals surface area contributed by atoms with Gasteiger partial charge in [0.1, 0.15) is 0 Å². The highest BCUT2D eigenvalue weighted by atomic mass is 35.5. The summed E-state index contributed by atoms with van der Waals surface area (Å²) in [5.74, 6) is -0.172. The molecule has 0 aromatic heterocycles. The molecular formula is C16H23Cl2N3O3. The van der Waals surface area contributed by atoms with Gasteiger partial charge >= 0.3 is 0 Å². The predicted molar refractivity (Wildman–Crippen MR) is 97.2 cm³/mol. The Morgan fingerprint density at radius 3 is 2.62 bits per heavy atom. The van der Waals surface area contributed by atoms with Gasteiger partial charge in [0.2, 0.25) is 5.91 Å². The molecule has 6 nitrogen and oxygen atoms in total. The van der Waals surface area contributed by atoms with Gasteiger partial charge in [-0.25, -0.2) is 0 Å². The molecule has 2 N–H and O–H groups in total. The molecule has 0 bridgehead atoms. The molecule has 1 aliphatic heterocycles. The van der Waals surface area contributed by atoms with Crippen LogP contribution in [-0.2, 0) is 9.53 Å². The molecule has 0 saturated carbocycles. The zero-order chi connectivity index (χ0) is 16.7. The van der Waals surface area contributed by atoms with Crippen molar-refractivity contribution >= 4 is 41.5 Å². The summed E-state index contributed by atoms with van der Waals surface area (Å²) >= 11 is 6.21. The number of anilines is 1. The van der Waals surface area contributed by atoms with Gasteiger partial charge in [0, 0.05) is 25.2 Å². The maximum atomic E-state index is 12.4. The summed E-state index contributed by atoms with van der Waals surface area (Å²) in [5, 5.41) is 6.13. The molecule has 0 atom stereocenters. The van der Waals surface area contributed by atoms with Gasteiger partial charge in [-0.05, 0) is 38.2 Å². The molecule has 8 heteroatoms. The van der Waals surface area contributed by atoms with Gasteiger partial charge in [-0.3, -0.25) is 9.59 Å². The number of carbonyl (C=O) groups is 2. The molecule has 2 rings (SSSR count). The Morgan fingerprint density at radius 1 is 1.29 bits per heavy atom. The van der Waals surface area contributed by atoms with E-state index in [2.05, 4.69) is 10.6 Å². The Labute approximate surface area is 153 Å². The first-order chi connectivity index (χ1) is 11.1. The average molecular weight is 376 g/mol. The number of nitrogens with zero attached hydrogens (tertiary/aromatic N) is 1. The Morgan fingerprint density at radius 2 is 2.00 bits per heavy atom. The molecule has 1 aliphatic rings. The highest BCUT2D eigenvalue weighted by Gasteiger charge is 2.20. The van der Waals surface area contributed by atoms with Gasteiger partial charge in [0.25, 0.3) is 5.91 Å². The summed E-state index contributed by atoms with van der Waals surface area (Å²) in [5.41, 5.74) is 1.05. The van der Waals surface area contributed by atoms with Gasteiger partial charge in [0.15, 0.2) is 0 Å². The lowest BCUT2D eigenvalue weighted by atomic mass is 10.1. The molecule has 1 saturated heterocycles. The maximum Gasteiger partial charge on any atom is 0.255 e. The lowest BCUT2D eigenvalue weighted by molar-refractivity contribution is -0.116. The van der Waals surface area contributed by atoms with Crippen molar-refractivity contribution in [2.24, 2.45) is 0 Å². The number of hydrogen-bond donors (Lipinski definition) is 2. The van der Waals surface area contributed by atoms with Crippen LogP contribution >= 0.6 is 24.0 Å². The highest BCUT2D eigenvalue weighted by Crippen LogP contribution is 2.23. The zero-order valence-electron chi connectivity index (χ0n) is 13.6. The van der Waals surface area contributed by atoms with Gasteiger partial charge < -0.3 is 20.3 Å². The zero-order valence-corrected chi connectivity index (χ0v) is 15.2. The number of hydrogen-bond acceptors (Lipinski definition) is 4. The van der Waals surface area contributed by atoms with Crippen molar-refractivity contribution in [1.82, 2.24) is 10.2 Å². The van der Waals surface area contributed by atoms with Crippen LogP contribution in [0.25, 0.3) is 0 Å². The summed E-state index contributed by atoms with van der Waals surface area (Å²) in [6.07, 6.45) is 1.20. The second kappa shape index (κ2) is 10.5. The molecule has 0 aliphatic carbocycles. The van der Waals surface area contributed by atoms with Crippen molar-refractivity contribution in [3.05, 3.63) is 28.8 Å². The standard InChI is InChI=1S/C16H22ClN3O3.ClH/c1-18-6-2-3-15(21)19-12-4-5-13(14(17)11-12)16(22)20-7-9-23-10-8-20;/h4-5,11,18H,2-3,6-10H2,1H3,(H,19,21);1H. The van der Waals surface area contributed by atoms with Crippen LogP contribution < -0.4 is 10.6 Å². The molecule has 1 aromatic rings. The van der Waals surface area contributed by atoms with E-state index >= 15 is 0 Å². The minimum absolute atomic E-state index is 0. The molecule has 134 valence electrons. The molecular weight excluding hydrogens is 353 g/mol. The Balaban J connectivity index is 0.00000288. The van der Waals surface area contributed by atoms with Crippen LogP contribution in [0.2, 0.25) is 5.02 Å². The second-order valence-electron chi connectivity index (χ2n) is 5.35. The van der Waals surface area contributed by atoms with Crippen LogP contribution in [0.5, 0.6) is 0 Å². The third-order valence-electron chi connectivity index (χ3n) is 3.61. The molecule has 2 amide bonds. The first-order valence-corrected chi connectivity index (χ1v) is 8.10. The molecule has 1 aromatic carbocycles. The van der Waals surface area contributed by atoms with Crippen LogP contribution in [0.15, 0.2) is 18.2 Å². The molecule has 1 fully saturated rings. The number of halogens is 2. The van der Waals surface area contributed by atoms with Gasteiger partial charge in [0.05, 0.1) is 23.8 Å². The smallest absolute Gasteiger partial charge is 0.255 e. The van der Waals surface area contributed by atoms with Gasteiger partial charge in [-0.15, -0.1) is 12.4 Å². The first kappa shape index (κ1) is 20.7. The topological polar surface area (TPSA) is 70.7 Å². The van der Waals surface area contributed by atoms with Crippen LogP contribution in [0.3, 0.4) is 0 Å². The molecule has 24 heavy (non-hydrogen) atoms. The lowest BCUT2D eigenvalue weighted by Gasteiger charge is -2.27. The van der Waals surface area contributed by atoms with Crippen LogP contribution in [0.4, 0.5) is 5.69 Å². The van der Waals surface area contributed by atoms with Crippen LogP contribution in [0, 0.1) is 0 Å². The number of benzene rings is 1. The molecule has 0 spiro atoms. The van der Waals surface area contributed by atoms with Gasteiger partial charge in [-0.2, -0.15) is 0 Å². The summed E-state index contributed by atoms with van der Waals surface area (Å²) in [7, 11) is 1.85. The quantitative estimate of drug-likeness (QED) is 0.747. The fourth-order valence-corrected chi connectivity index (χ4v) is 2.61. The minimum atomic E-state index is -0.106. The second-order valence-corrected chi connectivity index (χ2v) is 5.76. The van der Waals surface area contributed by atoms with Crippen molar-refractivity contribution in [1.29, 1.82) is 0 Å². The summed E-state index contributed by atoms with van der Waals surface area (Å²) in [6, 6.07) is 4.98. The average Bonchev–Trinajstić information content (AvgIpc) is 2.55. The van der Waals surface area contributed by atoms with Crippen molar-refractivity contribution in [3.8, 4) is 0 Å². The SMILES string of the molecule is CNCCCC(=O)Nc1ccc(C(=O)N2CCOCC2)c(Cl)c1.Cl. The third-order valence-corrected chi connectivity index (χ3v) is 3.92. The van der Waals surface area contributed by atoms with E-state index in [1.54, 1.807) is 23.1 Å². The Kier molecular flexibility index (Phi) is 9.07. The monoisotopic (exact) mass is 375 g/mol. The number of carbonyl (C=O) groups excluding carboxylic acids is 2. The van der Waals surface area contributed by atoms with E-state index in [-0.39, 0.29) is 24.2 Å². The predicted octanol–water partition coefficient (Wildman–Crippen LogP) is 2.17. The van der Waals surface area contributed by atoms with E-state index in [1.807, 2.05) is 7.05 Å². The highest BCUT2D eigenvalue weighted by molar-refractivity contribution is 6.34. The number of morpholine rings is 1. The molecule has 1 heterocycles. The molecule has 0 radical (unpaired) electrons. The van der Waals surface area contributed by atoms with Crippen LogP contribution in [0.1, 0.15) is 23.2 Å². The third kappa shape index (κ3) is 5.94. The summed E-state index contributed by atoms with van der Waals surface area (Å²) in [6.45, 7) is 3.02. The maximum absolute atomic E-state index is 12.4. The van der Waals surface area contributed by atoms with E-state index in [0.717, 1.165) is 13.0 Å². The Hall–Kier alpha value is -1.34. The van der Waals surface area contributed by atoms with Crippen molar-refractivity contribution in [3.63, 3.8) is 0 Å². The summed E-state index contributed by atoms with van der Waals surface area (Å²) in [4.78, 5) is 25.9. The van der Waals surface area contributed by atoms with Crippen molar-refractivity contribution < 1.29 is 14.3 Å². The molecule has 0 unspecified atom stereocenters. The van der Waals surface area contributed by atoms with Gasteiger partial charge in [-0.1, -0.05) is 11.6 Å². The lowest BCUT2D eigenvalue weighted by Crippen LogP contribution is -2.40. The largest absolute Gasteiger partial charge is 0.378 e. The fraction of sp³-hybridized carbons (Fsp3) is 0.500. The number of amides is 2. The fourth-order valence-electron chi connectivity index (χ4n) is 2.35. The summed E-state index contributed by atoms with van der Waals surface area (Å²) < 4.78 is 5.24.